The Bertz CT molecular complexity index is 2160. The second-order valence-corrected chi connectivity index (χ2v) is 21.8. The van der Waals surface area contributed by atoms with Gasteiger partial charge in [-0.05, 0) is 176 Å². The highest BCUT2D eigenvalue weighted by atomic mass is 16.5. The Morgan fingerprint density at radius 1 is 0.541 bits per heavy atom. The first-order valence-electron chi connectivity index (χ1n) is 28.3. The maximum atomic E-state index is 14.3. The molecule has 8 atom stereocenters. The highest BCUT2D eigenvalue weighted by molar-refractivity contribution is 5.95. The molecule has 0 radical (unpaired) electrons. The molecule has 2 heterocycles. The molecule has 74 heavy (non-hydrogen) atoms. The molecule has 6 aliphatic rings. The Balaban J connectivity index is 0.838. The minimum atomic E-state index is -0.642. The molecule has 2 saturated carbocycles. The maximum Gasteiger partial charge on any atom is 0.246 e. The van der Waals surface area contributed by atoms with Crippen molar-refractivity contribution in [2.24, 2.45) is 11.8 Å². The lowest BCUT2D eigenvalue weighted by atomic mass is 9.83. The summed E-state index contributed by atoms with van der Waals surface area (Å²) in [5.41, 5.74) is 4.26. The largest absolute Gasteiger partial charge is 0.489 e. The molecule has 0 bridgehead atoms. The molecule has 404 valence electrons. The third kappa shape index (κ3) is 13.1. The average molecular weight is 1020 g/mol. The SMILES string of the molecule is CN[C@@H](C)C(=O)N[C@H](C(=O)N1CCC[C@H]1C(=O)N[C@@H]1CCCc2c(OC/C=C/COc3cccc4c3CCC[C@H]4NC(=O)[C@@H]3CCCN3C(=O)[C@@H](NC(=O)[C@H](C)NC)C3CCCCC3)cccc21)C1CCCCC1. The van der Waals surface area contributed by atoms with Gasteiger partial charge in [-0.25, -0.2) is 0 Å². The van der Waals surface area contributed by atoms with Crippen molar-refractivity contribution in [3.63, 3.8) is 0 Å². The van der Waals surface area contributed by atoms with E-state index in [-0.39, 0.29) is 59.4 Å². The lowest BCUT2D eigenvalue weighted by molar-refractivity contribution is -0.143. The third-order valence-electron chi connectivity index (χ3n) is 17.1. The molecule has 8 rings (SSSR count). The Morgan fingerprint density at radius 3 is 1.34 bits per heavy atom. The second-order valence-electron chi connectivity index (χ2n) is 21.8. The lowest BCUT2D eigenvalue weighted by Crippen LogP contribution is -2.58. The fraction of sp³-hybridized carbons (Fsp3) is 0.655. The molecule has 2 saturated heterocycles. The van der Waals surface area contributed by atoms with Crippen molar-refractivity contribution < 1.29 is 38.2 Å². The van der Waals surface area contributed by atoms with Crippen LogP contribution in [0.2, 0.25) is 0 Å². The molecule has 16 nitrogen and oxygen atoms in total. The number of fused-ring (bicyclic) bond motifs is 2. The van der Waals surface area contributed by atoms with Crippen LogP contribution in [-0.2, 0) is 41.6 Å². The Hall–Kier alpha value is -5.48. The van der Waals surface area contributed by atoms with Crippen LogP contribution in [0, 0.1) is 11.8 Å². The van der Waals surface area contributed by atoms with Gasteiger partial charge in [0.25, 0.3) is 0 Å². The number of nitrogens with zero attached hydrogens (tertiary/aromatic N) is 2. The third-order valence-corrected chi connectivity index (χ3v) is 17.1. The fourth-order valence-corrected chi connectivity index (χ4v) is 12.6. The summed E-state index contributed by atoms with van der Waals surface area (Å²) in [6, 6.07) is 8.31. The summed E-state index contributed by atoms with van der Waals surface area (Å²) in [6.07, 6.45) is 21.5. The highest BCUT2D eigenvalue weighted by Gasteiger charge is 2.44. The summed E-state index contributed by atoms with van der Waals surface area (Å²) in [4.78, 5) is 86.3. The summed E-state index contributed by atoms with van der Waals surface area (Å²) < 4.78 is 12.7. The first-order valence-corrected chi connectivity index (χ1v) is 28.3. The molecule has 2 aromatic rings. The summed E-state index contributed by atoms with van der Waals surface area (Å²) in [7, 11) is 3.47. The summed E-state index contributed by atoms with van der Waals surface area (Å²) in [6.45, 7) is 5.25. The fourth-order valence-electron chi connectivity index (χ4n) is 12.6. The summed E-state index contributed by atoms with van der Waals surface area (Å²) >= 11 is 0. The van der Waals surface area contributed by atoms with Gasteiger partial charge in [0.15, 0.2) is 0 Å². The van der Waals surface area contributed by atoms with Gasteiger partial charge in [-0.1, -0.05) is 62.8 Å². The smallest absolute Gasteiger partial charge is 0.246 e. The predicted octanol–water partition coefficient (Wildman–Crippen LogP) is 6.02. The number of carbonyl (C=O) groups excluding carboxylic acids is 6. The van der Waals surface area contributed by atoms with E-state index in [0.29, 0.717) is 39.1 Å². The van der Waals surface area contributed by atoms with Crippen LogP contribution < -0.4 is 41.4 Å². The number of ether oxygens (including phenoxy) is 2. The maximum absolute atomic E-state index is 14.3. The minimum absolute atomic E-state index is 0.0571. The zero-order valence-electron chi connectivity index (χ0n) is 44.5. The Labute approximate surface area is 439 Å². The number of amides is 6. The monoisotopic (exact) mass is 1020 g/mol. The number of hydrogen-bond donors (Lipinski definition) is 6. The van der Waals surface area contributed by atoms with Crippen LogP contribution in [0.5, 0.6) is 11.5 Å². The van der Waals surface area contributed by atoms with Crippen molar-refractivity contribution in [3.8, 4) is 11.5 Å². The van der Waals surface area contributed by atoms with Crippen LogP contribution in [-0.4, -0.2) is 122 Å². The van der Waals surface area contributed by atoms with Gasteiger partial charge in [0.05, 0.1) is 24.2 Å². The van der Waals surface area contributed by atoms with Gasteiger partial charge < -0.3 is 51.2 Å². The van der Waals surface area contributed by atoms with Crippen LogP contribution in [0.25, 0.3) is 0 Å². The van der Waals surface area contributed by atoms with Gasteiger partial charge in [-0.2, -0.15) is 0 Å². The van der Waals surface area contributed by atoms with Gasteiger partial charge in [-0.15, -0.1) is 0 Å². The van der Waals surface area contributed by atoms with E-state index in [4.69, 9.17) is 9.47 Å². The van der Waals surface area contributed by atoms with Crippen LogP contribution in [0.3, 0.4) is 0 Å². The van der Waals surface area contributed by atoms with Crippen LogP contribution in [0.15, 0.2) is 48.6 Å². The molecule has 2 aromatic carbocycles. The molecular weight excluding hydrogens is 937 g/mol. The van der Waals surface area contributed by atoms with Crippen molar-refractivity contribution in [1.82, 2.24) is 41.7 Å². The van der Waals surface area contributed by atoms with Gasteiger partial charge in [-0.3, -0.25) is 28.8 Å². The topological polar surface area (TPSA) is 200 Å². The second kappa shape index (κ2) is 26.3. The first-order chi connectivity index (χ1) is 36.0. The quantitative estimate of drug-likeness (QED) is 0.0854. The van der Waals surface area contributed by atoms with E-state index >= 15 is 0 Å². The molecule has 6 amide bonds. The van der Waals surface area contributed by atoms with E-state index < -0.39 is 36.3 Å². The number of likely N-dealkylation sites (N-methyl/N-ethyl adjacent to an activating group) is 2. The van der Waals surface area contributed by atoms with E-state index in [9.17, 15) is 28.8 Å². The number of nitrogens with one attached hydrogen (secondary N) is 6. The molecule has 4 fully saturated rings. The standard InChI is InChI=1S/C58H84N8O8/c1-37(59-3)53(67)63-51(39-19-7-5-8-20-39)57(71)65-33-17-29-47(65)55(69)61-45-27-13-25-43-41(45)23-15-31-49(43)73-35-11-12-36-74-50-32-16-24-42-44(50)26-14-28-46(42)62-56(70)48-30-18-34-66(48)58(72)52(40-21-9-6-10-22-40)64-54(68)38(2)60-4/h11-12,15-16,23-24,31-32,37-40,45-48,51-52,59-60H,5-10,13-14,17-22,25-30,33-36H2,1-4H3,(H,61,69)(H,62,70)(H,63,67)(H,64,68)/b12-11+/t37-,38-,45+,46+,47-,48-,51-,52-/m0/s1. The van der Waals surface area contributed by atoms with Crippen molar-refractivity contribution >= 4 is 35.4 Å². The van der Waals surface area contributed by atoms with Gasteiger partial charge >= 0.3 is 0 Å². The summed E-state index contributed by atoms with van der Waals surface area (Å²) in [5.74, 6) is 0.707. The molecule has 16 heteroatoms. The normalized spacial score (nSPS) is 23.9. The number of likely N-dealkylation sites (tertiary alicyclic amines) is 2. The van der Waals surface area contributed by atoms with E-state index in [2.05, 4.69) is 44.0 Å². The molecule has 4 aliphatic carbocycles. The molecule has 6 N–H and O–H groups in total. The van der Waals surface area contributed by atoms with Crippen LogP contribution >= 0.6 is 0 Å². The van der Waals surface area contributed by atoms with E-state index in [0.717, 1.165) is 149 Å². The zero-order chi connectivity index (χ0) is 52.1. The Kier molecular flexibility index (Phi) is 19.5. The van der Waals surface area contributed by atoms with Crippen molar-refractivity contribution in [2.45, 2.75) is 191 Å². The Morgan fingerprint density at radius 2 is 0.946 bits per heavy atom. The van der Waals surface area contributed by atoms with Gasteiger partial charge in [0, 0.05) is 13.1 Å². The zero-order valence-corrected chi connectivity index (χ0v) is 44.5. The number of rotatable bonds is 20. The van der Waals surface area contributed by atoms with Gasteiger partial charge in [0.1, 0.15) is 48.9 Å². The molecule has 2 aliphatic heterocycles. The van der Waals surface area contributed by atoms with Crippen molar-refractivity contribution in [1.29, 1.82) is 0 Å². The molecule has 0 aromatic heterocycles. The molecule has 0 spiro atoms. The highest BCUT2D eigenvalue weighted by Crippen LogP contribution is 2.38. The first kappa shape index (κ1) is 54.8. The van der Waals surface area contributed by atoms with E-state index in [1.54, 1.807) is 37.7 Å². The number of hydrogen-bond acceptors (Lipinski definition) is 10. The van der Waals surface area contributed by atoms with E-state index in [1.807, 2.05) is 36.4 Å². The lowest BCUT2D eigenvalue weighted by Gasteiger charge is -2.35. The molecular formula is C58H84N8O8. The number of carbonyl (C=O) groups is 6. The van der Waals surface area contributed by atoms with Crippen LogP contribution in [0.4, 0.5) is 0 Å². The summed E-state index contributed by atoms with van der Waals surface area (Å²) in [5, 5.41) is 18.8. The van der Waals surface area contributed by atoms with Gasteiger partial charge in [0.2, 0.25) is 35.4 Å². The minimum Gasteiger partial charge on any atom is -0.489 e. The van der Waals surface area contributed by atoms with Crippen molar-refractivity contribution in [2.75, 3.05) is 40.4 Å². The number of benzene rings is 2. The van der Waals surface area contributed by atoms with E-state index in [1.165, 1.54) is 0 Å². The van der Waals surface area contributed by atoms with Crippen LogP contribution in [0.1, 0.15) is 164 Å². The average Bonchev–Trinajstić information content (AvgIpc) is 4.14. The van der Waals surface area contributed by atoms with Crippen molar-refractivity contribution in [3.05, 3.63) is 70.8 Å². The molecule has 0 unspecified atom stereocenters. The predicted molar refractivity (Wildman–Crippen MR) is 284 cm³/mol.